The molecule has 1 aliphatic heterocycles. The largest absolute Gasteiger partial charge is 0.362 e. The molecular weight excluding hydrogens is 474 g/mol. The van der Waals surface area contributed by atoms with Crippen LogP contribution in [0.2, 0.25) is 0 Å². The van der Waals surface area contributed by atoms with Gasteiger partial charge in [0.2, 0.25) is 0 Å². The Morgan fingerprint density at radius 2 is 1.55 bits per heavy atom. The van der Waals surface area contributed by atoms with Crippen molar-refractivity contribution in [2.45, 2.75) is 59.5 Å². The van der Waals surface area contributed by atoms with Gasteiger partial charge in [0.15, 0.2) is 0 Å². The number of benzene rings is 2. The van der Waals surface area contributed by atoms with Gasteiger partial charge in [0, 0.05) is 49.5 Å². The number of likely N-dealkylation sites (tertiary alicyclic amines) is 1. The maximum Gasteiger partial charge on any atom is 0.257 e. The molecule has 3 aromatic rings. The highest BCUT2D eigenvalue weighted by molar-refractivity contribution is 5.96. The summed E-state index contributed by atoms with van der Waals surface area (Å²) in [6.07, 6.45) is 3.13. The molecule has 38 heavy (non-hydrogen) atoms. The van der Waals surface area contributed by atoms with Crippen LogP contribution in [0.5, 0.6) is 0 Å². The summed E-state index contributed by atoms with van der Waals surface area (Å²) in [5, 5.41) is 0. The van der Waals surface area contributed by atoms with E-state index in [1.165, 1.54) is 11.9 Å². The van der Waals surface area contributed by atoms with E-state index in [2.05, 4.69) is 52.1 Å². The third kappa shape index (κ3) is 5.72. The molecule has 0 N–H and O–H groups in total. The Kier molecular flexibility index (Phi) is 8.45. The number of carbonyl (C=O) groups is 2. The number of rotatable bonds is 8. The second kappa shape index (κ2) is 11.8. The normalized spacial score (nSPS) is 14.7. The zero-order valence-electron chi connectivity index (χ0n) is 23.3. The highest BCUT2D eigenvalue weighted by Gasteiger charge is 2.38. The molecule has 7 heteroatoms. The van der Waals surface area contributed by atoms with Gasteiger partial charge >= 0.3 is 0 Å². The second-order valence-corrected chi connectivity index (χ2v) is 10.3. The topological polar surface area (TPSA) is 69.6 Å². The van der Waals surface area contributed by atoms with Gasteiger partial charge in [-0.15, -0.1) is 0 Å². The van der Waals surface area contributed by atoms with Crippen molar-refractivity contribution in [3.63, 3.8) is 0 Å². The average molecular weight is 514 g/mol. The fraction of sp³-hybridized carbons (Fsp3) is 0.419. The van der Waals surface area contributed by atoms with Crippen molar-refractivity contribution < 1.29 is 9.59 Å². The van der Waals surface area contributed by atoms with Crippen LogP contribution in [0, 0.1) is 13.8 Å². The zero-order valence-corrected chi connectivity index (χ0v) is 23.3. The van der Waals surface area contributed by atoms with E-state index in [4.69, 9.17) is 0 Å². The van der Waals surface area contributed by atoms with Crippen molar-refractivity contribution in [1.82, 2.24) is 19.8 Å². The Hall–Kier alpha value is -3.74. The number of aromatic nitrogens is 2. The summed E-state index contributed by atoms with van der Waals surface area (Å²) in [7, 11) is 0. The molecule has 0 atom stereocenters. The number of hydrogen-bond donors (Lipinski definition) is 0. The SMILES string of the molecule is CCN(CC)C(=O)c1cccc(N(Cc2ccccc2)C2(C)CCN(C(=O)c3c(C)ncnc3C)CC2)c1. The van der Waals surface area contributed by atoms with Gasteiger partial charge in [-0.05, 0) is 71.2 Å². The lowest BCUT2D eigenvalue weighted by Gasteiger charge is -2.48. The van der Waals surface area contributed by atoms with Crippen molar-refractivity contribution >= 4 is 17.5 Å². The van der Waals surface area contributed by atoms with Gasteiger partial charge in [-0.2, -0.15) is 0 Å². The molecule has 200 valence electrons. The van der Waals surface area contributed by atoms with E-state index < -0.39 is 0 Å². The molecule has 1 fully saturated rings. The van der Waals surface area contributed by atoms with Gasteiger partial charge in [0.25, 0.3) is 11.8 Å². The van der Waals surface area contributed by atoms with Gasteiger partial charge in [-0.1, -0.05) is 36.4 Å². The van der Waals surface area contributed by atoms with Crippen LogP contribution >= 0.6 is 0 Å². The summed E-state index contributed by atoms with van der Waals surface area (Å²) in [5.74, 6) is 0.0574. The quantitative estimate of drug-likeness (QED) is 0.410. The van der Waals surface area contributed by atoms with Gasteiger partial charge in [-0.3, -0.25) is 9.59 Å². The Balaban J connectivity index is 1.62. The molecule has 1 aliphatic rings. The fourth-order valence-corrected chi connectivity index (χ4v) is 5.38. The van der Waals surface area contributed by atoms with E-state index in [0.29, 0.717) is 37.3 Å². The van der Waals surface area contributed by atoms with Gasteiger partial charge in [0.05, 0.1) is 17.0 Å². The molecule has 0 bridgehead atoms. The Labute approximate surface area is 226 Å². The predicted molar refractivity (Wildman–Crippen MR) is 151 cm³/mol. The lowest BCUT2D eigenvalue weighted by molar-refractivity contribution is 0.0670. The van der Waals surface area contributed by atoms with E-state index in [1.54, 1.807) is 0 Å². The van der Waals surface area contributed by atoms with Crippen molar-refractivity contribution in [1.29, 1.82) is 0 Å². The number of anilines is 1. The van der Waals surface area contributed by atoms with Crippen molar-refractivity contribution in [3.05, 3.63) is 89.0 Å². The lowest BCUT2D eigenvalue weighted by atomic mass is 9.86. The monoisotopic (exact) mass is 513 g/mol. The van der Waals surface area contributed by atoms with E-state index in [-0.39, 0.29) is 17.4 Å². The summed E-state index contributed by atoms with van der Waals surface area (Å²) in [5.41, 5.74) is 4.79. The maximum atomic E-state index is 13.4. The molecule has 0 spiro atoms. The minimum Gasteiger partial charge on any atom is -0.362 e. The molecule has 0 unspecified atom stereocenters. The minimum absolute atomic E-state index is 0.00377. The van der Waals surface area contributed by atoms with Crippen LogP contribution in [0.3, 0.4) is 0 Å². The van der Waals surface area contributed by atoms with Crippen molar-refractivity contribution in [2.75, 3.05) is 31.1 Å². The maximum absolute atomic E-state index is 13.4. The molecule has 1 aromatic heterocycles. The highest BCUT2D eigenvalue weighted by Crippen LogP contribution is 2.35. The molecule has 0 saturated carbocycles. The average Bonchev–Trinajstić information content (AvgIpc) is 2.93. The number of piperidine rings is 1. The van der Waals surface area contributed by atoms with Crippen LogP contribution in [-0.2, 0) is 6.54 Å². The first-order chi connectivity index (χ1) is 18.3. The van der Waals surface area contributed by atoms with Gasteiger partial charge in [-0.25, -0.2) is 9.97 Å². The molecule has 7 nitrogen and oxygen atoms in total. The third-order valence-corrected chi connectivity index (χ3v) is 7.86. The van der Waals surface area contributed by atoms with Crippen LogP contribution < -0.4 is 4.90 Å². The van der Waals surface area contributed by atoms with E-state index in [0.717, 1.165) is 36.5 Å². The zero-order chi connectivity index (χ0) is 27.3. The number of aryl methyl sites for hydroxylation is 2. The van der Waals surface area contributed by atoms with Crippen LogP contribution in [0.4, 0.5) is 5.69 Å². The van der Waals surface area contributed by atoms with Crippen LogP contribution in [0.15, 0.2) is 60.9 Å². The predicted octanol–water partition coefficient (Wildman–Crippen LogP) is 5.28. The van der Waals surface area contributed by atoms with E-state index >= 15 is 0 Å². The molecule has 2 heterocycles. The van der Waals surface area contributed by atoms with E-state index in [1.807, 2.05) is 61.8 Å². The second-order valence-electron chi connectivity index (χ2n) is 10.3. The van der Waals surface area contributed by atoms with Gasteiger partial charge in [0.1, 0.15) is 6.33 Å². The third-order valence-electron chi connectivity index (χ3n) is 7.86. The number of hydrogen-bond acceptors (Lipinski definition) is 5. The molecule has 0 radical (unpaired) electrons. The first-order valence-corrected chi connectivity index (χ1v) is 13.6. The molecule has 2 amide bonds. The molecule has 4 rings (SSSR count). The smallest absolute Gasteiger partial charge is 0.257 e. The van der Waals surface area contributed by atoms with Gasteiger partial charge < -0.3 is 14.7 Å². The summed E-state index contributed by atoms with van der Waals surface area (Å²) in [6, 6.07) is 18.4. The van der Waals surface area contributed by atoms with Crippen molar-refractivity contribution in [3.8, 4) is 0 Å². The Morgan fingerprint density at radius 3 is 2.16 bits per heavy atom. The first kappa shape index (κ1) is 27.3. The van der Waals surface area contributed by atoms with Crippen LogP contribution in [0.1, 0.15) is 71.3 Å². The van der Waals surface area contributed by atoms with Crippen LogP contribution in [0.25, 0.3) is 0 Å². The van der Waals surface area contributed by atoms with E-state index in [9.17, 15) is 9.59 Å². The molecular formula is C31H39N5O2. The lowest BCUT2D eigenvalue weighted by Crippen LogP contribution is -2.54. The molecule has 2 aromatic carbocycles. The first-order valence-electron chi connectivity index (χ1n) is 13.6. The molecule has 1 saturated heterocycles. The summed E-state index contributed by atoms with van der Waals surface area (Å²) < 4.78 is 0. The summed E-state index contributed by atoms with van der Waals surface area (Å²) >= 11 is 0. The summed E-state index contributed by atoms with van der Waals surface area (Å²) in [6.45, 7) is 13.4. The molecule has 0 aliphatic carbocycles. The minimum atomic E-state index is -0.194. The number of amides is 2. The Morgan fingerprint density at radius 1 is 0.921 bits per heavy atom. The standard InChI is InChI=1S/C31H39N5O2/c1-6-34(7-2)29(37)26-14-11-15-27(20-26)36(21-25-12-9-8-10-13-25)31(5)16-18-35(19-17-31)30(38)28-23(3)32-22-33-24(28)4/h8-15,20,22H,6-7,16-19,21H2,1-5H3. The van der Waals surface area contributed by atoms with Crippen LogP contribution in [-0.4, -0.2) is 63.3 Å². The number of nitrogens with zero attached hydrogens (tertiary/aromatic N) is 5. The summed E-state index contributed by atoms with van der Waals surface area (Å²) in [4.78, 5) is 41.3. The van der Waals surface area contributed by atoms with Crippen molar-refractivity contribution in [2.24, 2.45) is 0 Å². The Bertz CT molecular complexity index is 1240. The number of carbonyl (C=O) groups excluding carboxylic acids is 2. The highest BCUT2D eigenvalue weighted by atomic mass is 16.2. The fourth-order valence-electron chi connectivity index (χ4n) is 5.38.